The molecule has 23 heavy (non-hydrogen) atoms. The summed E-state index contributed by atoms with van der Waals surface area (Å²) in [6, 6.07) is 0. The molecule has 0 aromatic carbocycles. The third-order valence-electron chi connectivity index (χ3n) is 3.93. The minimum absolute atomic E-state index is 0.123. The summed E-state index contributed by atoms with van der Waals surface area (Å²) in [5.41, 5.74) is 1.19. The third-order valence-corrected chi connectivity index (χ3v) is 4.17. The number of allylic oxidation sites excluding steroid dienone is 2. The molecule has 132 valence electrons. The molecule has 0 N–H and O–H groups in total. The average molecular weight is 341 g/mol. The van der Waals surface area contributed by atoms with E-state index in [1.807, 2.05) is 13.0 Å². The van der Waals surface area contributed by atoms with Crippen LogP contribution < -0.4 is 0 Å². The van der Waals surface area contributed by atoms with Crippen molar-refractivity contribution in [2.45, 2.75) is 64.6 Å². The molecule has 3 atom stereocenters. The normalized spacial score (nSPS) is 15.7. The van der Waals surface area contributed by atoms with Crippen LogP contribution in [-0.2, 0) is 13.7 Å². The van der Waals surface area contributed by atoms with E-state index in [1.165, 1.54) is 5.57 Å². The van der Waals surface area contributed by atoms with Crippen molar-refractivity contribution in [3.05, 3.63) is 37.0 Å². The molecule has 0 heterocycles. The topological polar surface area (TPSA) is 35.5 Å². The highest BCUT2D eigenvalue weighted by Gasteiger charge is 2.24. The Morgan fingerprint density at radius 1 is 1.22 bits per heavy atom. The van der Waals surface area contributed by atoms with Crippen LogP contribution in [0.15, 0.2) is 37.0 Å². The summed E-state index contributed by atoms with van der Waals surface area (Å²) in [5, 5.41) is 0. The zero-order chi connectivity index (χ0) is 17.7. The van der Waals surface area contributed by atoms with Crippen LogP contribution in [0.1, 0.15) is 52.4 Å². The monoisotopic (exact) mass is 340 g/mol. The largest absolute Gasteiger partial charge is 0.375 e. The summed E-state index contributed by atoms with van der Waals surface area (Å²) in [6.07, 6.45) is 10.4. The number of Topliss-reactive ketones (excluding diaryl/α,β-unsaturated/α-hetero) is 1. The SMILES string of the molecule is C=CCCCCC(=O)CC/C(C)=C\C(C)[C@H](OS)C(C=C)OC. The van der Waals surface area contributed by atoms with E-state index in [-0.39, 0.29) is 18.1 Å². The van der Waals surface area contributed by atoms with Gasteiger partial charge in [-0.2, -0.15) is 0 Å². The first-order valence-electron chi connectivity index (χ1n) is 8.25. The van der Waals surface area contributed by atoms with Crippen molar-refractivity contribution >= 4 is 18.7 Å². The van der Waals surface area contributed by atoms with Gasteiger partial charge in [0.2, 0.25) is 0 Å². The summed E-state index contributed by atoms with van der Waals surface area (Å²) < 4.78 is 10.6. The van der Waals surface area contributed by atoms with E-state index < -0.39 is 0 Å². The minimum atomic E-state index is -0.210. The number of carbonyl (C=O) groups excluding carboxylic acids is 1. The van der Waals surface area contributed by atoms with Crippen molar-refractivity contribution in [2.75, 3.05) is 7.11 Å². The van der Waals surface area contributed by atoms with Gasteiger partial charge in [0.15, 0.2) is 0 Å². The van der Waals surface area contributed by atoms with Gasteiger partial charge in [-0.1, -0.05) is 30.7 Å². The molecule has 0 aliphatic carbocycles. The van der Waals surface area contributed by atoms with Crippen LogP contribution in [0.2, 0.25) is 0 Å². The second-order valence-corrected chi connectivity index (χ2v) is 6.16. The zero-order valence-corrected chi connectivity index (χ0v) is 15.7. The lowest BCUT2D eigenvalue weighted by molar-refractivity contribution is -0.119. The summed E-state index contributed by atoms with van der Waals surface area (Å²) in [7, 11) is 1.63. The predicted octanol–water partition coefficient (Wildman–Crippen LogP) is 5.10. The lowest BCUT2D eigenvalue weighted by atomic mass is 9.95. The van der Waals surface area contributed by atoms with Gasteiger partial charge in [-0.15, -0.1) is 13.2 Å². The molecule has 0 aliphatic heterocycles. The van der Waals surface area contributed by atoms with Gasteiger partial charge < -0.3 is 8.92 Å². The number of ether oxygens (including phenoxy) is 1. The van der Waals surface area contributed by atoms with Crippen molar-refractivity contribution in [3.8, 4) is 0 Å². The molecule has 0 fully saturated rings. The highest BCUT2D eigenvalue weighted by Crippen LogP contribution is 2.20. The number of thiol groups is 1. The van der Waals surface area contributed by atoms with Crippen LogP contribution in [0, 0.1) is 5.92 Å². The molecule has 0 aliphatic rings. The number of unbranched alkanes of at least 4 members (excludes halogenated alkanes) is 2. The molecule has 0 spiro atoms. The molecular formula is C19H32O3S. The Kier molecular flexibility index (Phi) is 13.1. The van der Waals surface area contributed by atoms with Crippen molar-refractivity contribution < 1.29 is 13.7 Å². The Labute approximate surface area is 147 Å². The van der Waals surface area contributed by atoms with Crippen LogP contribution in [0.4, 0.5) is 0 Å². The molecule has 4 heteroatoms. The summed E-state index contributed by atoms with van der Waals surface area (Å²) in [5.74, 6) is 0.454. The smallest absolute Gasteiger partial charge is 0.133 e. The van der Waals surface area contributed by atoms with E-state index >= 15 is 0 Å². The van der Waals surface area contributed by atoms with Crippen LogP contribution in [0.3, 0.4) is 0 Å². The minimum Gasteiger partial charge on any atom is -0.375 e. The molecule has 0 radical (unpaired) electrons. The fourth-order valence-electron chi connectivity index (χ4n) is 2.52. The van der Waals surface area contributed by atoms with Crippen LogP contribution >= 0.6 is 12.9 Å². The number of rotatable bonds is 14. The van der Waals surface area contributed by atoms with Gasteiger partial charge in [-0.05, 0) is 45.5 Å². The molecule has 3 nitrogen and oxygen atoms in total. The van der Waals surface area contributed by atoms with E-state index in [1.54, 1.807) is 13.2 Å². The second kappa shape index (κ2) is 13.6. The highest BCUT2D eigenvalue weighted by molar-refractivity contribution is 7.75. The van der Waals surface area contributed by atoms with Crippen molar-refractivity contribution in [2.24, 2.45) is 5.92 Å². The molecule has 0 rings (SSSR count). The maximum absolute atomic E-state index is 11.9. The van der Waals surface area contributed by atoms with Crippen molar-refractivity contribution in [3.63, 3.8) is 0 Å². The maximum Gasteiger partial charge on any atom is 0.133 e. The van der Waals surface area contributed by atoms with E-state index in [2.05, 4.69) is 39.1 Å². The van der Waals surface area contributed by atoms with Gasteiger partial charge in [-0.3, -0.25) is 4.79 Å². The van der Waals surface area contributed by atoms with E-state index in [0.717, 1.165) is 25.7 Å². The van der Waals surface area contributed by atoms with Gasteiger partial charge in [0, 0.05) is 25.9 Å². The van der Waals surface area contributed by atoms with Gasteiger partial charge in [0.05, 0.1) is 0 Å². The standard InChI is InChI=1S/C19H32O3S/c1-6-8-9-10-11-17(20)13-12-15(3)14-16(4)19(22-23)18(7-2)21-5/h6-7,14,16,18-19,23H,1-2,8-13H2,3-5H3/b15-14-/t16?,18?,19-/m0/s1. The average Bonchev–Trinajstić information content (AvgIpc) is 2.54. The third kappa shape index (κ3) is 9.80. The summed E-state index contributed by atoms with van der Waals surface area (Å²) >= 11 is 3.95. The van der Waals surface area contributed by atoms with Gasteiger partial charge in [0.1, 0.15) is 18.0 Å². The zero-order valence-electron chi connectivity index (χ0n) is 14.8. The van der Waals surface area contributed by atoms with Gasteiger partial charge in [0.25, 0.3) is 0 Å². The number of carbonyl (C=O) groups is 1. The Balaban J connectivity index is 4.33. The number of methoxy groups -OCH3 is 1. The first kappa shape index (κ1) is 22.2. The van der Waals surface area contributed by atoms with E-state index in [0.29, 0.717) is 18.6 Å². The fraction of sp³-hybridized carbons (Fsp3) is 0.632. The Morgan fingerprint density at radius 2 is 1.91 bits per heavy atom. The molecule has 0 aromatic heterocycles. The highest BCUT2D eigenvalue weighted by atomic mass is 32.1. The Bertz CT molecular complexity index is 390. The Hall–Kier alpha value is -0.840. The molecule has 0 amide bonds. The predicted molar refractivity (Wildman–Crippen MR) is 101 cm³/mol. The van der Waals surface area contributed by atoms with Crippen LogP contribution in [0.5, 0.6) is 0 Å². The first-order valence-corrected chi connectivity index (χ1v) is 8.62. The molecule has 0 aromatic rings. The van der Waals surface area contributed by atoms with Crippen molar-refractivity contribution in [1.82, 2.24) is 0 Å². The number of hydrogen-bond acceptors (Lipinski definition) is 4. The summed E-state index contributed by atoms with van der Waals surface area (Å²) in [6.45, 7) is 11.5. The number of ketones is 1. The van der Waals surface area contributed by atoms with E-state index in [9.17, 15) is 4.79 Å². The Morgan fingerprint density at radius 3 is 2.43 bits per heavy atom. The molecule has 0 saturated heterocycles. The van der Waals surface area contributed by atoms with E-state index in [4.69, 9.17) is 8.92 Å². The van der Waals surface area contributed by atoms with Crippen LogP contribution in [-0.4, -0.2) is 25.1 Å². The first-order chi connectivity index (χ1) is 11.0. The fourth-order valence-corrected chi connectivity index (χ4v) is 2.83. The second-order valence-electron chi connectivity index (χ2n) is 5.95. The lowest BCUT2D eigenvalue weighted by Gasteiger charge is -2.25. The van der Waals surface area contributed by atoms with Crippen LogP contribution in [0.25, 0.3) is 0 Å². The number of hydrogen-bond donors (Lipinski definition) is 1. The molecule has 0 saturated carbocycles. The van der Waals surface area contributed by atoms with Crippen molar-refractivity contribution in [1.29, 1.82) is 0 Å². The van der Waals surface area contributed by atoms with Gasteiger partial charge >= 0.3 is 0 Å². The maximum atomic E-state index is 11.9. The van der Waals surface area contributed by atoms with Gasteiger partial charge in [-0.25, -0.2) is 0 Å². The quantitative estimate of drug-likeness (QED) is 0.207. The summed E-state index contributed by atoms with van der Waals surface area (Å²) in [4.78, 5) is 11.9. The molecule has 0 bridgehead atoms. The molecule has 2 unspecified atom stereocenters. The molecular weight excluding hydrogens is 308 g/mol. The lowest BCUT2D eigenvalue weighted by Crippen LogP contribution is -2.32.